The van der Waals surface area contributed by atoms with E-state index in [2.05, 4.69) is 43.0 Å². The molecule has 2 aromatic carbocycles. The highest BCUT2D eigenvalue weighted by atomic mass is 15.2. The van der Waals surface area contributed by atoms with Gasteiger partial charge in [-0.3, -0.25) is 4.90 Å². The monoisotopic (exact) mass is 268 g/mol. The number of anilines is 1. The number of nitrogen functional groups attached to an aromatic ring is 1. The molecule has 0 bridgehead atoms. The normalized spacial score (nSPS) is 24.1. The Kier molecular flexibility index (Phi) is 3.66. The Hall–Kier alpha value is -1.54. The Morgan fingerprint density at radius 2 is 1.65 bits per heavy atom. The molecule has 0 saturated carbocycles. The maximum absolute atomic E-state index is 5.84. The minimum Gasteiger partial charge on any atom is -0.399 e. The molecule has 20 heavy (non-hydrogen) atoms. The molecule has 2 atom stereocenters. The number of nitrogens with two attached hydrogens (primary N) is 1. The van der Waals surface area contributed by atoms with Gasteiger partial charge in [0, 0.05) is 24.3 Å². The highest BCUT2D eigenvalue weighted by Crippen LogP contribution is 2.26. The van der Waals surface area contributed by atoms with Gasteiger partial charge >= 0.3 is 0 Å². The molecule has 1 aliphatic heterocycles. The summed E-state index contributed by atoms with van der Waals surface area (Å²) in [6.45, 7) is 5.78. The summed E-state index contributed by atoms with van der Waals surface area (Å²) in [5.74, 6) is 0. The predicted molar refractivity (Wildman–Crippen MR) is 86.7 cm³/mol. The number of nitrogens with zero attached hydrogens (tertiary/aromatic N) is 1. The van der Waals surface area contributed by atoms with Gasteiger partial charge in [-0.2, -0.15) is 0 Å². The maximum Gasteiger partial charge on any atom is 0.0320 e. The van der Waals surface area contributed by atoms with E-state index in [-0.39, 0.29) is 0 Å². The van der Waals surface area contributed by atoms with Gasteiger partial charge in [0.2, 0.25) is 0 Å². The molecule has 0 aromatic heterocycles. The topological polar surface area (TPSA) is 29.3 Å². The number of rotatable bonds is 2. The van der Waals surface area contributed by atoms with E-state index in [1.54, 1.807) is 0 Å². The molecule has 2 N–H and O–H groups in total. The molecule has 2 unspecified atom stereocenters. The van der Waals surface area contributed by atoms with Gasteiger partial charge in [0.1, 0.15) is 0 Å². The first kappa shape index (κ1) is 13.4. The second-order valence-corrected chi connectivity index (χ2v) is 6.24. The summed E-state index contributed by atoms with van der Waals surface area (Å²) in [7, 11) is 0. The fourth-order valence-electron chi connectivity index (χ4n) is 3.41. The molecule has 2 nitrogen and oxygen atoms in total. The third kappa shape index (κ3) is 2.66. The maximum atomic E-state index is 5.84. The van der Waals surface area contributed by atoms with Crippen molar-refractivity contribution >= 4 is 16.5 Å². The Bertz CT molecular complexity index is 595. The lowest BCUT2D eigenvalue weighted by atomic mass is 9.96. The summed E-state index contributed by atoms with van der Waals surface area (Å²) in [6.07, 6.45) is 4.03. The van der Waals surface area contributed by atoms with E-state index in [0.717, 1.165) is 12.2 Å². The summed E-state index contributed by atoms with van der Waals surface area (Å²) in [5, 5.41) is 2.52. The van der Waals surface area contributed by atoms with Crippen molar-refractivity contribution in [3.63, 3.8) is 0 Å². The zero-order chi connectivity index (χ0) is 14.1. The second-order valence-electron chi connectivity index (χ2n) is 6.24. The Labute approximate surface area is 121 Å². The van der Waals surface area contributed by atoms with Crippen LogP contribution in [0.4, 0.5) is 5.69 Å². The molecule has 3 rings (SSSR count). The summed E-state index contributed by atoms with van der Waals surface area (Å²) in [4.78, 5) is 2.64. The molecule has 0 aliphatic carbocycles. The zero-order valence-electron chi connectivity index (χ0n) is 12.5. The van der Waals surface area contributed by atoms with Crippen molar-refractivity contribution in [1.82, 2.24) is 4.90 Å². The number of likely N-dealkylation sites (tertiary alicyclic amines) is 1. The molecule has 2 heteroatoms. The van der Waals surface area contributed by atoms with E-state index in [0.29, 0.717) is 12.1 Å². The average molecular weight is 268 g/mol. The van der Waals surface area contributed by atoms with Crippen LogP contribution in [0.2, 0.25) is 0 Å². The second kappa shape index (κ2) is 5.45. The van der Waals surface area contributed by atoms with Crippen molar-refractivity contribution in [2.24, 2.45) is 0 Å². The molecule has 2 aromatic rings. The van der Waals surface area contributed by atoms with Gasteiger partial charge in [0.25, 0.3) is 0 Å². The van der Waals surface area contributed by atoms with Crippen molar-refractivity contribution in [2.75, 3.05) is 5.73 Å². The third-order valence-corrected chi connectivity index (χ3v) is 4.67. The van der Waals surface area contributed by atoms with Gasteiger partial charge in [0.15, 0.2) is 0 Å². The van der Waals surface area contributed by atoms with E-state index in [4.69, 9.17) is 5.73 Å². The molecule has 106 valence electrons. The highest BCUT2D eigenvalue weighted by molar-refractivity contribution is 5.85. The summed E-state index contributed by atoms with van der Waals surface area (Å²) < 4.78 is 0. The number of hydrogen-bond donors (Lipinski definition) is 1. The Morgan fingerprint density at radius 1 is 1.00 bits per heavy atom. The molecule has 0 radical (unpaired) electrons. The van der Waals surface area contributed by atoms with Crippen LogP contribution in [0.25, 0.3) is 10.8 Å². The molecule has 0 spiro atoms. The van der Waals surface area contributed by atoms with Crippen molar-refractivity contribution in [1.29, 1.82) is 0 Å². The van der Waals surface area contributed by atoms with Gasteiger partial charge in [-0.1, -0.05) is 24.6 Å². The van der Waals surface area contributed by atoms with E-state index >= 15 is 0 Å². The standard InChI is InChI=1S/C18H24N2/c1-13-4-3-5-14(2)20(13)12-15-6-7-17-11-18(19)9-8-16(17)10-15/h6-11,13-14H,3-5,12,19H2,1-2H3. The van der Waals surface area contributed by atoms with Gasteiger partial charge in [-0.25, -0.2) is 0 Å². The Balaban J connectivity index is 1.85. The van der Waals surface area contributed by atoms with Crippen molar-refractivity contribution < 1.29 is 0 Å². The average Bonchev–Trinajstić information content (AvgIpc) is 2.43. The molecular formula is C18H24N2. The first-order chi connectivity index (χ1) is 9.63. The number of hydrogen-bond acceptors (Lipinski definition) is 2. The fraction of sp³-hybridized carbons (Fsp3) is 0.444. The number of piperidine rings is 1. The van der Waals surface area contributed by atoms with Gasteiger partial charge in [-0.05, 0) is 61.2 Å². The van der Waals surface area contributed by atoms with Crippen molar-refractivity contribution in [3.05, 3.63) is 42.0 Å². The lowest BCUT2D eigenvalue weighted by molar-refractivity contribution is 0.0953. The minimum atomic E-state index is 0.695. The number of fused-ring (bicyclic) bond motifs is 1. The summed E-state index contributed by atoms with van der Waals surface area (Å²) >= 11 is 0. The van der Waals surface area contributed by atoms with E-state index < -0.39 is 0 Å². The number of benzene rings is 2. The predicted octanol–water partition coefficient (Wildman–Crippen LogP) is 4.18. The van der Waals surface area contributed by atoms with Crippen LogP contribution >= 0.6 is 0 Å². The van der Waals surface area contributed by atoms with Crippen LogP contribution in [-0.2, 0) is 6.54 Å². The van der Waals surface area contributed by atoms with E-state index in [1.165, 1.54) is 35.6 Å². The van der Waals surface area contributed by atoms with E-state index in [9.17, 15) is 0 Å². The summed E-state index contributed by atoms with van der Waals surface area (Å²) in [5.41, 5.74) is 8.08. The first-order valence-corrected chi connectivity index (χ1v) is 7.67. The van der Waals surface area contributed by atoms with Crippen LogP contribution in [0, 0.1) is 0 Å². The van der Waals surface area contributed by atoms with Crippen molar-refractivity contribution in [2.45, 2.75) is 51.7 Å². The molecule has 1 fully saturated rings. The molecular weight excluding hydrogens is 244 g/mol. The highest BCUT2D eigenvalue weighted by Gasteiger charge is 2.24. The van der Waals surface area contributed by atoms with Crippen molar-refractivity contribution in [3.8, 4) is 0 Å². The lowest BCUT2D eigenvalue weighted by Crippen LogP contribution is -2.42. The quantitative estimate of drug-likeness (QED) is 0.828. The van der Waals surface area contributed by atoms with Gasteiger partial charge in [-0.15, -0.1) is 0 Å². The van der Waals surface area contributed by atoms with Crippen LogP contribution in [0.1, 0.15) is 38.7 Å². The SMILES string of the molecule is CC1CCCC(C)N1Cc1ccc2cc(N)ccc2c1. The van der Waals surface area contributed by atoms with Crippen LogP contribution in [0.15, 0.2) is 36.4 Å². The van der Waals surface area contributed by atoms with Gasteiger partial charge < -0.3 is 5.73 Å². The van der Waals surface area contributed by atoms with Gasteiger partial charge in [0.05, 0.1) is 0 Å². The Morgan fingerprint density at radius 3 is 2.40 bits per heavy atom. The first-order valence-electron chi connectivity index (χ1n) is 7.67. The fourth-order valence-corrected chi connectivity index (χ4v) is 3.41. The lowest BCUT2D eigenvalue weighted by Gasteiger charge is -2.39. The van der Waals surface area contributed by atoms with Crippen LogP contribution < -0.4 is 5.73 Å². The molecule has 1 saturated heterocycles. The third-order valence-electron chi connectivity index (χ3n) is 4.67. The van der Waals surface area contributed by atoms with E-state index in [1.807, 2.05) is 12.1 Å². The van der Waals surface area contributed by atoms with Crippen LogP contribution in [0.5, 0.6) is 0 Å². The largest absolute Gasteiger partial charge is 0.399 e. The molecule has 1 aliphatic rings. The summed E-state index contributed by atoms with van der Waals surface area (Å²) in [6, 6.07) is 14.3. The minimum absolute atomic E-state index is 0.695. The molecule has 1 heterocycles. The zero-order valence-corrected chi connectivity index (χ0v) is 12.5. The molecule has 0 amide bonds. The smallest absolute Gasteiger partial charge is 0.0320 e. The van der Waals surface area contributed by atoms with Crippen LogP contribution in [-0.4, -0.2) is 17.0 Å². The van der Waals surface area contributed by atoms with Crippen LogP contribution in [0.3, 0.4) is 0 Å².